The number of nitrogens with zero attached hydrogens (tertiary/aromatic N) is 4. The molecule has 8 rings (SSSR count). The van der Waals surface area contributed by atoms with Crippen LogP contribution >= 0.6 is 11.8 Å². The van der Waals surface area contributed by atoms with Gasteiger partial charge in [0.1, 0.15) is 0 Å². The second-order valence-electron chi connectivity index (χ2n) is 11.5. The molecule has 232 valence electrons. The molecule has 49 heavy (non-hydrogen) atoms. The molecule has 5 heteroatoms. The molecule has 4 nitrogen and oxygen atoms in total. The molecule has 0 spiro atoms. The van der Waals surface area contributed by atoms with Crippen LogP contribution in [0.3, 0.4) is 0 Å². The monoisotopic (exact) mass is 646 g/mol. The highest BCUT2D eigenvalue weighted by atomic mass is 32.2. The molecule has 0 fully saturated rings. The first-order chi connectivity index (χ1) is 24.2. The number of aromatic nitrogens is 4. The lowest BCUT2D eigenvalue weighted by Crippen LogP contribution is -2.00. The van der Waals surface area contributed by atoms with Gasteiger partial charge in [-0.2, -0.15) is 0 Å². The van der Waals surface area contributed by atoms with Crippen LogP contribution in [0, 0.1) is 0 Å². The van der Waals surface area contributed by atoms with Gasteiger partial charge in [-0.3, -0.25) is 0 Å². The van der Waals surface area contributed by atoms with Gasteiger partial charge in [0.25, 0.3) is 0 Å². The molecule has 0 N–H and O–H groups in total. The highest BCUT2D eigenvalue weighted by Gasteiger charge is 2.13. The van der Waals surface area contributed by atoms with Crippen molar-refractivity contribution in [3.63, 3.8) is 0 Å². The molecule has 2 aromatic heterocycles. The Morgan fingerprint density at radius 1 is 0.265 bits per heavy atom. The van der Waals surface area contributed by atoms with Crippen LogP contribution in [-0.2, 0) is 0 Å². The van der Waals surface area contributed by atoms with Crippen molar-refractivity contribution in [3.05, 3.63) is 182 Å². The lowest BCUT2D eigenvalue weighted by molar-refractivity contribution is 1.07. The molecule has 0 atom stereocenters. The lowest BCUT2D eigenvalue weighted by Gasteiger charge is -2.11. The Hall–Kier alpha value is -6.17. The third kappa shape index (κ3) is 6.93. The highest BCUT2D eigenvalue weighted by Crippen LogP contribution is 2.34. The number of hydrogen-bond donors (Lipinski definition) is 0. The van der Waals surface area contributed by atoms with E-state index in [0.717, 1.165) is 54.6 Å². The summed E-state index contributed by atoms with van der Waals surface area (Å²) in [5, 5.41) is 0. The second-order valence-corrected chi connectivity index (χ2v) is 12.7. The van der Waals surface area contributed by atoms with Crippen molar-refractivity contribution in [1.29, 1.82) is 0 Å². The molecule has 2 heterocycles. The maximum absolute atomic E-state index is 5.08. The van der Waals surface area contributed by atoms with E-state index in [4.69, 9.17) is 19.9 Å². The molecule has 0 radical (unpaired) electrons. The quantitative estimate of drug-likeness (QED) is 0.164. The number of rotatable bonds is 8. The predicted molar refractivity (Wildman–Crippen MR) is 201 cm³/mol. The van der Waals surface area contributed by atoms with Gasteiger partial charge in [0.15, 0.2) is 17.5 Å². The van der Waals surface area contributed by atoms with E-state index >= 15 is 0 Å². The van der Waals surface area contributed by atoms with E-state index in [1.54, 1.807) is 11.8 Å². The van der Waals surface area contributed by atoms with Crippen LogP contribution in [0.2, 0.25) is 0 Å². The molecule has 8 aromatic rings. The van der Waals surface area contributed by atoms with Gasteiger partial charge < -0.3 is 0 Å². The van der Waals surface area contributed by atoms with Crippen LogP contribution < -0.4 is 0 Å². The minimum absolute atomic E-state index is 0.647. The molecule has 0 aliphatic heterocycles. The Morgan fingerprint density at radius 3 is 1.02 bits per heavy atom. The molecular formula is C44H30N4S. The standard InChI is InChI=1S/C44H30N4S/c1-5-13-31(14-6-1)37-29-40(32-15-7-2-8-16-32)45-41(30-37)33-21-25-38(26-22-33)49-39-27-23-36(24-28-39)44-47-42(34-17-9-3-10-18-34)46-43(48-44)35-19-11-4-12-20-35/h1-30H. The Morgan fingerprint density at radius 2 is 0.592 bits per heavy atom. The molecule has 0 aliphatic rings. The third-order valence-corrected chi connectivity index (χ3v) is 9.22. The van der Waals surface area contributed by atoms with Gasteiger partial charge in [-0.1, -0.05) is 157 Å². The lowest BCUT2D eigenvalue weighted by atomic mass is 10.00. The van der Waals surface area contributed by atoms with Gasteiger partial charge in [-0.25, -0.2) is 19.9 Å². The van der Waals surface area contributed by atoms with Gasteiger partial charge in [0.05, 0.1) is 11.4 Å². The van der Waals surface area contributed by atoms with E-state index in [2.05, 4.69) is 109 Å². The minimum atomic E-state index is 0.647. The van der Waals surface area contributed by atoms with Gasteiger partial charge >= 0.3 is 0 Å². The van der Waals surface area contributed by atoms with E-state index in [-0.39, 0.29) is 0 Å². The molecule has 6 aromatic carbocycles. The molecule has 0 saturated carbocycles. The first-order valence-corrected chi connectivity index (χ1v) is 17.0. The SMILES string of the molecule is c1ccc(-c2cc(-c3ccccc3)nc(-c3ccc(Sc4ccc(-c5nc(-c6ccccc6)nc(-c6ccccc6)n5)cc4)cc3)c2)cc1. The molecule has 0 unspecified atom stereocenters. The van der Waals surface area contributed by atoms with Crippen molar-refractivity contribution >= 4 is 11.8 Å². The normalized spacial score (nSPS) is 10.9. The maximum atomic E-state index is 5.08. The maximum Gasteiger partial charge on any atom is 0.164 e. The smallest absolute Gasteiger partial charge is 0.164 e. The summed E-state index contributed by atoms with van der Waals surface area (Å²) in [5.41, 5.74) is 9.25. The molecule has 0 bridgehead atoms. The van der Waals surface area contributed by atoms with Crippen LogP contribution in [0.4, 0.5) is 0 Å². The van der Waals surface area contributed by atoms with Crippen molar-refractivity contribution in [2.75, 3.05) is 0 Å². The third-order valence-electron chi connectivity index (χ3n) is 8.20. The van der Waals surface area contributed by atoms with Crippen molar-refractivity contribution in [1.82, 2.24) is 19.9 Å². The molecule has 0 saturated heterocycles. The summed E-state index contributed by atoms with van der Waals surface area (Å²) in [6, 6.07) is 62.3. The fourth-order valence-corrected chi connectivity index (χ4v) is 6.49. The summed E-state index contributed by atoms with van der Waals surface area (Å²) in [7, 11) is 0. The summed E-state index contributed by atoms with van der Waals surface area (Å²) < 4.78 is 0. The van der Waals surface area contributed by atoms with Gasteiger partial charge in [0, 0.05) is 37.6 Å². The van der Waals surface area contributed by atoms with Crippen molar-refractivity contribution in [2.24, 2.45) is 0 Å². The molecule has 0 amide bonds. The zero-order valence-corrected chi connectivity index (χ0v) is 27.3. The zero-order chi connectivity index (χ0) is 32.8. The Balaban J connectivity index is 1.06. The van der Waals surface area contributed by atoms with Crippen LogP contribution in [0.15, 0.2) is 192 Å². The van der Waals surface area contributed by atoms with Crippen LogP contribution in [-0.4, -0.2) is 19.9 Å². The van der Waals surface area contributed by atoms with Crippen molar-refractivity contribution < 1.29 is 0 Å². The highest BCUT2D eigenvalue weighted by molar-refractivity contribution is 7.99. The summed E-state index contributed by atoms with van der Waals surface area (Å²) >= 11 is 1.72. The number of hydrogen-bond acceptors (Lipinski definition) is 5. The first-order valence-electron chi connectivity index (χ1n) is 16.1. The van der Waals surface area contributed by atoms with E-state index < -0.39 is 0 Å². The van der Waals surface area contributed by atoms with Crippen LogP contribution in [0.5, 0.6) is 0 Å². The average Bonchev–Trinajstić information content (AvgIpc) is 3.19. The predicted octanol–water partition coefficient (Wildman–Crippen LogP) is 11.4. The van der Waals surface area contributed by atoms with E-state index in [1.165, 1.54) is 5.56 Å². The number of pyridine rings is 1. The Kier molecular flexibility index (Phi) is 8.56. The van der Waals surface area contributed by atoms with E-state index in [1.807, 2.05) is 72.8 Å². The zero-order valence-electron chi connectivity index (χ0n) is 26.5. The topological polar surface area (TPSA) is 51.6 Å². The summed E-state index contributed by atoms with van der Waals surface area (Å²) in [4.78, 5) is 21.9. The number of benzene rings is 6. The largest absolute Gasteiger partial charge is 0.248 e. The van der Waals surface area contributed by atoms with Crippen LogP contribution in [0.25, 0.3) is 67.8 Å². The summed E-state index contributed by atoms with van der Waals surface area (Å²) in [6.07, 6.45) is 0. The van der Waals surface area contributed by atoms with E-state index in [9.17, 15) is 0 Å². The molecule has 0 aliphatic carbocycles. The van der Waals surface area contributed by atoms with Gasteiger partial charge in [-0.05, 0) is 47.5 Å². The fourth-order valence-electron chi connectivity index (χ4n) is 5.67. The minimum Gasteiger partial charge on any atom is -0.248 e. The molecular weight excluding hydrogens is 617 g/mol. The van der Waals surface area contributed by atoms with E-state index in [0.29, 0.717) is 17.5 Å². The second kappa shape index (κ2) is 13.9. The average molecular weight is 647 g/mol. The van der Waals surface area contributed by atoms with Gasteiger partial charge in [-0.15, -0.1) is 0 Å². The fraction of sp³-hybridized carbons (Fsp3) is 0. The summed E-state index contributed by atoms with van der Waals surface area (Å²) in [6.45, 7) is 0. The first kappa shape index (κ1) is 30.2. The Labute approximate surface area is 290 Å². The van der Waals surface area contributed by atoms with Crippen LogP contribution in [0.1, 0.15) is 0 Å². The Bertz CT molecular complexity index is 2030. The van der Waals surface area contributed by atoms with Gasteiger partial charge in [0.2, 0.25) is 0 Å². The summed E-state index contributed by atoms with van der Waals surface area (Å²) in [5.74, 6) is 1.96. The van der Waals surface area contributed by atoms with Crippen molar-refractivity contribution in [3.8, 4) is 67.8 Å². The van der Waals surface area contributed by atoms with Crippen molar-refractivity contribution in [2.45, 2.75) is 9.79 Å².